The van der Waals surface area contributed by atoms with Crippen LogP contribution in [0, 0.1) is 0 Å². The number of rotatable bonds is 11. The molecule has 2 aromatic carbocycles. The van der Waals surface area contributed by atoms with E-state index in [0.717, 1.165) is 0 Å². The highest BCUT2D eigenvalue weighted by molar-refractivity contribution is 7.92. The number of anilines is 2. The molecule has 2 amide bonds. The molecule has 13 heteroatoms. The maximum Gasteiger partial charge on any atom is 0.306 e. The molecule has 0 radical (unpaired) electrons. The second kappa shape index (κ2) is 12.8. The van der Waals surface area contributed by atoms with E-state index in [1.165, 1.54) is 43.6 Å². The van der Waals surface area contributed by atoms with Gasteiger partial charge in [-0.2, -0.15) is 0 Å². The molecule has 3 N–H and O–H groups in total. The number of nitrogens with zero attached hydrogens (tertiary/aromatic N) is 2. The molecule has 1 atom stereocenters. The van der Waals surface area contributed by atoms with Crippen molar-refractivity contribution in [3.63, 3.8) is 0 Å². The van der Waals surface area contributed by atoms with Crippen molar-refractivity contribution in [1.29, 1.82) is 0 Å². The molecule has 0 aliphatic carbocycles. The third-order valence-electron chi connectivity index (χ3n) is 4.85. The summed E-state index contributed by atoms with van der Waals surface area (Å²) in [7, 11) is -3.91. The molecule has 0 spiro atoms. The molecule has 1 heterocycles. The van der Waals surface area contributed by atoms with Crippen LogP contribution >= 0.6 is 11.6 Å². The lowest BCUT2D eigenvalue weighted by Gasteiger charge is -2.14. The zero-order valence-electron chi connectivity index (χ0n) is 19.7. The van der Waals surface area contributed by atoms with Crippen LogP contribution in [-0.4, -0.2) is 48.8 Å². The number of sulfonamides is 1. The number of nitrogens with one attached hydrogen (secondary N) is 3. The Morgan fingerprint density at radius 3 is 2.30 bits per heavy atom. The first-order valence-corrected chi connectivity index (χ1v) is 12.9. The smallest absolute Gasteiger partial charge is 0.306 e. The lowest BCUT2D eigenvalue weighted by Crippen LogP contribution is -2.30. The minimum absolute atomic E-state index is 0.00318. The van der Waals surface area contributed by atoms with Gasteiger partial charge in [0.15, 0.2) is 6.10 Å². The van der Waals surface area contributed by atoms with Gasteiger partial charge in [-0.15, -0.1) is 0 Å². The molecule has 0 aliphatic rings. The zero-order valence-corrected chi connectivity index (χ0v) is 21.3. The van der Waals surface area contributed by atoms with Crippen molar-refractivity contribution in [3.8, 4) is 0 Å². The molecule has 1 aromatic heterocycles. The SMILES string of the molecule is C[C@@H](OC(=O)CCCNC(=O)c1ccc(Cl)cc1)C(=O)Nc1ccc(S(=O)(=O)Nc2ncccn2)cc1. The lowest BCUT2D eigenvalue weighted by molar-refractivity contribution is -0.153. The van der Waals surface area contributed by atoms with E-state index in [-0.39, 0.29) is 29.7 Å². The number of aromatic nitrogens is 2. The van der Waals surface area contributed by atoms with E-state index in [9.17, 15) is 22.8 Å². The minimum Gasteiger partial charge on any atom is -0.453 e. The zero-order chi connectivity index (χ0) is 26.8. The Bertz CT molecular complexity index is 1340. The van der Waals surface area contributed by atoms with E-state index in [4.69, 9.17) is 16.3 Å². The second-order valence-corrected chi connectivity index (χ2v) is 9.81. The second-order valence-electron chi connectivity index (χ2n) is 7.69. The molecular weight excluding hydrogens is 522 g/mol. The Morgan fingerprint density at radius 2 is 1.65 bits per heavy atom. The van der Waals surface area contributed by atoms with Crippen LogP contribution in [0.2, 0.25) is 5.02 Å². The molecule has 0 bridgehead atoms. The van der Waals surface area contributed by atoms with Crippen LogP contribution in [0.1, 0.15) is 30.1 Å². The lowest BCUT2D eigenvalue weighted by atomic mass is 10.2. The van der Waals surface area contributed by atoms with Crippen LogP contribution in [0.25, 0.3) is 0 Å². The molecular formula is C24H24ClN5O6S. The number of hydrogen-bond donors (Lipinski definition) is 3. The number of amides is 2. The van der Waals surface area contributed by atoms with Gasteiger partial charge in [-0.25, -0.2) is 23.1 Å². The molecule has 0 aliphatic heterocycles. The minimum atomic E-state index is -3.91. The van der Waals surface area contributed by atoms with E-state index in [1.807, 2.05) is 0 Å². The fourth-order valence-electron chi connectivity index (χ4n) is 2.94. The predicted molar refractivity (Wildman–Crippen MR) is 136 cm³/mol. The van der Waals surface area contributed by atoms with Gasteiger partial charge in [0.2, 0.25) is 5.95 Å². The highest BCUT2D eigenvalue weighted by atomic mass is 35.5. The average Bonchev–Trinajstić information content (AvgIpc) is 2.87. The van der Waals surface area contributed by atoms with Crippen molar-refractivity contribution in [1.82, 2.24) is 15.3 Å². The van der Waals surface area contributed by atoms with Crippen molar-refractivity contribution in [2.75, 3.05) is 16.6 Å². The summed E-state index contributed by atoms with van der Waals surface area (Å²) in [5.41, 5.74) is 0.761. The molecule has 0 fully saturated rings. The summed E-state index contributed by atoms with van der Waals surface area (Å²) < 4.78 is 32.2. The molecule has 0 unspecified atom stereocenters. The van der Waals surface area contributed by atoms with Crippen molar-refractivity contribution >= 4 is 51.0 Å². The van der Waals surface area contributed by atoms with Crippen molar-refractivity contribution in [2.45, 2.75) is 30.8 Å². The Morgan fingerprint density at radius 1 is 1.00 bits per heavy atom. The van der Waals surface area contributed by atoms with Gasteiger partial charge in [-0.1, -0.05) is 11.6 Å². The van der Waals surface area contributed by atoms with Crippen LogP contribution in [0.4, 0.5) is 11.6 Å². The third-order valence-corrected chi connectivity index (χ3v) is 6.45. The first kappa shape index (κ1) is 27.6. The molecule has 0 saturated heterocycles. The fourth-order valence-corrected chi connectivity index (χ4v) is 4.02. The summed E-state index contributed by atoms with van der Waals surface area (Å²) >= 11 is 5.79. The van der Waals surface area contributed by atoms with Gasteiger partial charge in [0.05, 0.1) is 4.90 Å². The number of benzene rings is 2. The molecule has 0 saturated carbocycles. The number of esters is 1. The highest BCUT2D eigenvalue weighted by Gasteiger charge is 2.19. The van der Waals surface area contributed by atoms with E-state index < -0.39 is 28.0 Å². The largest absolute Gasteiger partial charge is 0.453 e. The van der Waals surface area contributed by atoms with E-state index >= 15 is 0 Å². The Kier molecular flexibility index (Phi) is 9.52. The monoisotopic (exact) mass is 545 g/mol. The van der Waals surface area contributed by atoms with Crippen LogP contribution in [0.3, 0.4) is 0 Å². The van der Waals surface area contributed by atoms with Crippen LogP contribution in [0.15, 0.2) is 71.9 Å². The summed E-state index contributed by atoms with van der Waals surface area (Å²) in [6.07, 6.45) is 2.04. The summed E-state index contributed by atoms with van der Waals surface area (Å²) in [6, 6.07) is 13.4. The van der Waals surface area contributed by atoms with Crippen molar-refractivity contribution in [3.05, 3.63) is 77.6 Å². The number of carbonyl (C=O) groups is 3. The molecule has 3 rings (SSSR count). The van der Waals surface area contributed by atoms with Crippen LogP contribution in [-0.2, 0) is 24.3 Å². The van der Waals surface area contributed by atoms with E-state index in [2.05, 4.69) is 25.3 Å². The van der Waals surface area contributed by atoms with Crippen LogP contribution in [0.5, 0.6) is 0 Å². The number of halogens is 1. The summed E-state index contributed by atoms with van der Waals surface area (Å²) in [4.78, 5) is 44.0. The van der Waals surface area contributed by atoms with Gasteiger partial charge in [0, 0.05) is 41.6 Å². The maximum atomic E-state index is 12.4. The summed E-state index contributed by atoms with van der Waals surface area (Å²) in [5.74, 6) is -1.55. The van der Waals surface area contributed by atoms with Crippen molar-refractivity contribution in [2.24, 2.45) is 0 Å². The number of ether oxygens (including phenoxy) is 1. The third kappa shape index (κ3) is 8.54. The van der Waals surface area contributed by atoms with Crippen LogP contribution < -0.4 is 15.4 Å². The Balaban J connectivity index is 1.41. The standard InChI is InChI=1S/C24H24ClN5O6S/c1-16(36-21(31)4-2-13-26-23(33)17-5-7-18(25)8-6-17)22(32)29-19-9-11-20(12-10-19)37(34,35)30-24-27-14-3-15-28-24/h3,5-12,14-16H,2,4,13H2,1H3,(H,26,33)(H,29,32)(H,27,28,30)/t16-/m1/s1. The molecule has 37 heavy (non-hydrogen) atoms. The van der Waals surface area contributed by atoms with E-state index in [1.54, 1.807) is 30.3 Å². The average molecular weight is 546 g/mol. The molecule has 11 nitrogen and oxygen atoms in total. The highest BCUT2D eigenvalue weighted by Crippen LogP contribution is 2.17. The normalized spacial score (nSPS) is 11.7. The van der Waals surface area contributed by atoms with Gasteiger partial charge in [0.25, 0.3) is 21.8 Å². The topological polar surface area (TPSA) is 156 Å². The van der Waals surface area contributed by atoms with E-state index in [0.29, 0.717) is 22.7 Å². The number of carbonyl (C=O) groups excluding carboxylic acids is 3. The predicted octanol–water partition coefficient (Wildman–Crippen LogP) is 3.01. The molecule has 3 aromatic rings. The molecule has 194 valence electrons. The van der Waals surface area contributed by atoms with Gasteiger partial charge in [0.1, 0.15) is 0 Å². The summed E-state index contributed by atoms with van der Waals surface area (Å²) in [5, 5.41) is 5.77. The van der Waals surface area contributed by atoms with Gasteiger partial charge in [-0.05, 0) is 67.9 Å². The van der Waals surface area contributed by atoms with Crippen molar-refractivity contribution < 1.29 is 27.5 Å². The van der Waals surface area contributed by atoms with Gasteiger partial charge in [-0.3, -0.25) is 14.4 Å². The Hall–Kier alpha value is -4.03. The van der Waals surface area contributed by atoms with Gasteiger partial charge < -0.3 is 15.4 Å². The van der Waals surface area contributed by atoms with Gasteiger partial charge >= 0.3 is 5.97 Å². The first-order valence-electron chi connectivity index (χ1n) is 11.1. The quantitative estimate of drug-likeness (QED) is 0.245. The number of hydrogen-bond acceptors (Lipinski definition) is 8. The maximum absolute atomic E-state index is 12.4. The fraction of sp³-hybridized carbons (Fsp3) is 0.208. The Labute approximate surface area is 218 Å². The first-order chi connectivity index (χ1) is 17.6. The summed E-state index contributed by atoms with van der Waals surface area (Å²) in [6.45, 7) is 1.66.